The quantitative estimate of drug-likeness (QED) is 0.726. The van der Waals surface area contributed by atoms with E-state index in [-0.39, 0.29) is 22.1 Å². The summed E-state index contributed by atoms with van der Waals surface area (Å²) in [5, 5.41) is 0.132. The molecule has 1 atom stereocenters. The second-order valence-electron chi connectivity index (χ2n) is 5.09. The van der Waals surface area contributed by atoms with Crippen LogP contribution in [0.4, 0.5) is 4.39 Å². The van der Waals surface area contributed by atoms with Crippen LogP contribution in [0, 0.1) is 11.2 Å². The smallest absolute Gasteiger partial charge is 0.142 e. The predicted octanol–water partition coefficient (Wildman–Crippen LogP) is 3.95. The van der Waals surface area contributed by atoms with Crippen molar-refractivity contribution in [1.29, 1.82) is 0 Å². The van der Waals surface area contributed by atoms with E-state index in [1.54, 1.807) is 6.07 Å². The molecule has 2 rings (SSSR count). The fourth-order valence-corrected chi connectivity index (χ4v) is 2.42. The summed E-state index contributed by atoms with van der Waals surface area (Å²) in [5.41, 5.74) is 0.599. The molecular formula is C13H14ClFO. The lowest BCUT2D eigenvalue weighted by Crippen LogP contribution is -2.15. The highest BCUT2D eigenvalue weighted by atomic mass is 35.5. The third kappa shape index (κ3) is 1.99. The molecule has 1 aromatic carbocycles. The highest BCUT2D eigenvalue weighted by Gasteiger charge is 2.39. The Kier molecular flexibility index (Phi) is 2.79. The molecule has 1 fully saturated rings. The molecule has 16 heavy (non-hydrogen) atoms. The van der Waals surface area contributed by atoms with Crippen molar-refractivity contribution < 1.29 is 9.18 Å². The van der Waals surface area contributed by atoms with Gasteiger partial charge < -0.3 is 0 Å². The Hall–Kier alpha value is -0.890. The summed E-state index contributed by atoms with van der Waals surface area (Å²) in [6.07, 6.45) is 1.29. The molecule has 0 N–H and O–H groups in total. The monoisotopic (exact) mass is 240 g/mol. The van der Waals surface area contributed by atoms with Gasteiger partial charge in [-0.2, -0.15) is 0 Å². The molecule has 0 aromatic heterocycles. The number of halogens is 2. The number of carbonyl (C=O) groups excluding carboxylic acids is 1. The van der Waals surface area contributed by atoms with Gasteiger partial charge in [-0.15, -0.1) is 0 Å². The average molecular weight is 241 g/mol. The zero-order chi connectivity index (χ0) is 11.9. The Morgan fingerprint density at radius 2 is 2.12 bits per heavy atom. The van der Waals surface area contributed by atoms with E-state index in [0.29, 0.717) is 6.42 Å². The fourth-order valence-electron chi connectivity index (χ4n) is 2.30. The molecule has 0 saturated heterocycles. The molecule has 0 unspecified atom stereocenters. The third-order valence-electron chi connectivity index (χ3n) is 3.36. The summed E-state index contributed by atoms with van der Waals surface area (Å²) in [7, 11) is 0. The maximum absolute atomic E-state index is 13.3. The molecule has 86 valence electrons. The van der Waals surface area contributed by atoms with Gasteiger partial charge in [-0.25, -0.2) is 4.39 Å². The molecule has 0 spiro atoms. The van der Waals surface area contributed by atoms with Crippen LogP contribution in [0.3, 0.4) is 0 Å². The molecular weight excluding hydrogens is 227 g/mol. The average Bonchev–Trinajstić information content (AvgIpc) is 2.46. The number of benzene rings is 1. The second kappa shape index (κ2) is 3.85. The maximum Gasteiger partial charge on any atom is 0.142 e. The summed E-state index contributed by atoms with van der Waals surface area (Å²) in [6, 6.07) is 4.81. The Morgan fingerprint density at radius 1 is 1.44 bits per heavy atom. The first-order chi connectivity index (χ1) is 7.40. The van der Waals surface area contributed by atoms with Crippen LogP contribution in [0.25, 0.3) is 0 Å². The van der Waals surface area contributed by atoms with Crippen molar-refractivity contribution in [2.45, 2.75) is 32.6 Å². The molecule has 0 radical (unpaired) electrons. The van der Waals surface area contributed by atoms with Gasteiger partial charge in [0.25, 0.3) is 0 Å². The number of Topliss-reactive ketones (excluding diaryl/α,β-unsaturated/α-hetero) is 1. The van der Waals surface area contributed by atoms with Crippen LogP contribution in [0.5, 0.6) is 0 Å². The minimum Gasteiger partial charge on any atom is -0.299 e. The molecule has 3 heteroatoms. The van der Waals surface area contributed by atoms with Gasteiger partial charge in [0.2, 0.25) is 0 Å². The molecule has 1 aliphatic carbocycles. The van der Waals surface area contributed by atoms with Crippen molar-refractivity contribution in [3.05, 3.63) is 34.6 Å². The lowest BCUT2D eigenvalue weighted by molar-refractivity contribution is -0.124. The van der Waals surface area contributed by atoms with Crippen LogP contribution < -0.4 is 0 Å². The minimum absolute atomic E-state index is 0.132. The molecule has 0 heterocycles. The van der Waals surface area contributed by atoms with Gasteiger partial charge in [-0.3, -0.25) is 4.79 Å². The first-order valence-electron chi connectivity index (χ1n) is 5.38. The maximum atomic E-state index is 13.3. The van der Waals surface area contributed by atoms with Gasteiger partial charge in [0.15, 0.2) is 0 Å². The van der Waals surface area contributed by atoms with Crippen LogP contribution in [-0.4, -0.2) is 5.78 Å². The Balaban J connectivity index is 2.27. The standard InChI is InChI=1S/C13H14ClFO/c1-13(2)7-9(6-12(13)16)8-3-4-10(14)11(15)5-8/h3-5,9H,6-7H2,1-2H3/t9-/m1/s1. The lowest BCUT2D eigenvalue weighted by Gasteiger charge is -2.15. The van der Waals surface area contributed by atoms with Gasteiger partial charge >= 0.3 is 0 Å². The first-order valence-corrected chi connectivity index (χ1v) is 5.76. The molecule has 1 nitrogen and oxygen atoms in total. The zero-order valence-electron chi connectivity index (χ0n) is 9.39. The van der Waals surface area contributed by atoms with Crippen molar-refractivity contribution >= 4 is 17.4 Å². The van der Waals surface area contributed by atoms with E-state index in [1.165, 1.54) is 6.07 Å². The Bertz CT molecular complexity index is 440. The largest absolute Gasteiger partial charge is 0.299 e. The van der Waals surface area contributed by atoms with Crippen LogP contribution >= 0.6 is 11.6 Å². The second-order valence-corrected chi connectivity index (χ2v) is 5.49. The van der Waals surface area contributed by atoms with Crippen molar-refractivity contribution in [3.63, 3.8) is 0 Å². The van der Waals surface area contributed by atoms with Gasteiger partial charge in [0, 0.05) is 11.8 Å². The van der Waals surface area contributed by atoms with Crippen molar-refractivity contribution in [3.8, 4) is 0 Å². The van der Waals surface area contributed by atoms with Crippen LogP contribution in [-0.2, 0) is 4.79 Å². The van der Waals surface area contributed by atoms with Gasteiger partial charge in [-0.05, 0) is 30.0 Å². The Labute approximate surface area is 99.6 Å². The van der Waals surface area contributed by atoms with Crippen molar-refractivity contribution in [1.82, 2.24) is 0 Å². The van der Waals surface area contributed by atoms with E-state index in [2.05, 4.69) is 0 Å². The van der Waals surface area contributed by atoms with Gasteiger partial charge in [0.1, 0.15) is 11.6 Å². The highest BCUT2D eigenvalue weighted by Crippen LogP contribution is 2.43. The number of ketones is 1. The molecule has 1 aromatic rings. The van der Waals surface area contributed by atoms with E-state index < -0.39 is 5.82 Å². The Morgan fingerprint density at radius 3 is 2.62 bits per heavy atom. The van der Waals surface area contributed by atoms with E-state index in [9.17, 15) is 9.18 Å². The SMILES string of the molecule is CC1(C)C[C@H](c2ccc(Cl)c(F)c2)CC1=O. The van der Waals surface area contributed by atoms with Gasteiger partial charge in [-0.1, -0.05) is 31.5 Å². The molecule has 1 saturated carbocycles. The fraction of sp³-hybridized carbons (Fsp3) is 0.462. The van der Waals surface area contributed by atoms with Crippen molar-refractivity contribution in [2.75, 3.05) is 0 Å². The van der Waals surface area contributed by atoms with E-state index >= 15 is 0 Å². The summed E-state index contributed by atoms with van der Waals surface area (Å²) >= 11 is 5.63. The molecule has 0 amide bonds. The number of rotatable bonds is 1. The summed E-state index contributed by atoms with van der Waals surface area (Å²) in [5.74, 6) is -0.0153. The van der Waals surface area contributed by atoms with Gasteiger partial charge in [0.05, 0.1) is 5.02 Å². The number of carbonyl (C=O) groups is 1. The normalized spacial score (nSPS) is 23.8. The molecule has 1 aliphatic rings. The van der Waals surface area contributed by atoms with Crippen molar-refractivity contribution in [2.24, 2.45) is 5.41 Å². The summed E-state index contributed by atoms with van der Waals surface area (Å²) in [6.45, 7) is 3.89. The van der Waals surface area contributed by atoms with Crippen LogP contribution in [0.2, 0.25) is 5.02 Å². The van der Waals surface area contributed by atoms with Crippen LogP contribution in [0.1, 0.15) is 38.2 Å². The number of hydrogen-bond acceptors (Lipinski definition) is 1. The highest BCUT2D eigenvalue weighted by molar-refractivity contribution is 6.30. The topological polar surface area (TPSA) is 17.1 Å². The number of hydrogen-bond donors (Lipinski definition) is 0. The first kappa shape index (κ1) is 11.6. The molecule has 0 aliphatic heterocycles. The van der Waals surface area contributed by atoms with Crippen LogP contribution in [0.15, 0.2) is 18.2 Å². The lowest BCUT2D eigenvalue weighted by atomic mass is 9.88. The third-order valence-corrected chi connectivity index (χ3v) is 3.66. The minimum atomic E-state index is -0.406. The predicted molar refractivity (Wildman–Crippen MR) is 62.2 cm³/mol. The van der Waals surface area contributed by atoms with E-state index in [4.69, 9.17) is 11.6 Å². The summed E-state index contributed by atoms with van der Waals surface area (Å²) < 4.78 is 13.3. The summed E-state index contributed by atoms with van der Waals surface area (Å²) in [4.78, 5) is 11.7. The van der Waals surface area contributed by atoms with E-state index in [1.807, 2.05) is 19.9 Å². The van der Waals surface area contributed by atoms with E-state index in [0.717, 1.165) is 12.0 Å². The zero-order valence-corrected chi connectivity index (χ0v) is 10.1. The molecule has 0 bridgehead atoms.